The molecule has 0 N–H and O–H groups in total. The van der Waals surface area contributed by atoms with Gasteiger partial charge in [-0.05, 0) is 37.1 Å². The van der Waals surface area contributed by atoms with Gasteiger partial charge < -0.3 is 14.0 Å². The van der Waals surface area contributed by atoms with Gasteiger partial charge in [0, 0.05) is 41.0 Å². The van der Waals surface area contributed by atoms with Crippen LogP contribution in [0.4, 0.5) is 4.39 Å². The van der Waals surface area contributed by atoms with Gasteiger partial charge in [-0.2, -0.15) is 0 Å². The summed E-state index contributed by atoms with van der Waals surface area (Å²) in [6.07, 6.45) is 1.31. The maximum atomic E-state index is 15.0. The van der Waals surface area contributed by atoms with Crippen molar-refractivity contribution in [3.8, 4) is 6.07 Å². The molecule has 0 saturated heterocycles. The number of aromatic nitrogens is 1. The SMILES string of the molecule is CCOC(=O)c1cn(Cc2cccc(Cl)c2)c2cc([C-](C#N)C(=O)OCC)c(F)cc2c1=O.[Na+]. The zero-order valence-corrected chi connectivity index (χ0v) is 21.6. The van der Waals surface area contributed by atoms with E-state index in [9.17, 15) is 24.0 Å². The van der Waals surface area contributed by atoms with E-state index in [1.54, 1.807) is 44.2 Å². The number of rotatable bonds is 7. The molecule has 0 radical (unpaired) electrons. The van der Waals surface area contributed by atoms with E-state index in [4.69, 9.17) is 21.1 Å². The number of nitrogens with zero attached hydrogens (tertiary/aromatic N) is 2. The van der Waals surface area contributed by atoms with Gasteiger partial charge in [0.1, 0.15) is 5.56 Å². The molecule has 3 aromatic rings. The normalized spacial score (nSPS) is 10.2. The molecule has 0 atom stereocenters. The van der Waals surface area contributed by atoms with Crippen molar-refractivity contribution in [2.75, 3.05) is 13.2 Å². The van der Waals surface area contributed by atoms with Gasteiger partial charge in [-0.1, -0.05) is 29.8 Å². The minimum atomic E-state index is -0.981. The molecule has 0 bridgehead atoms. The maximum Gasteiger partial charge on any atom is 1.00 e. The number of carbonyl (C=O) groups excluding carboxylic acids is 2. The largest absolute Gasteiger partial charge is 1.00 e. The average molecular weight is 493 g/mol. The number of nitriles is 1. The van der Waals surface area contributed by atoms with Crippen molar-refractivity contribution in [1.29, 1.82) is 5.26 Å². The number of carbonyl (C=O) groups is 2. The fourth-order valence-corrected chi connectivity index (χ4v) is 3.55. The van der Waals surface area contributed by atoms with Crippen LogP contribution in [0.15, 0.2) is 47.4 Å². The quantitative estimate of drug-likeness (QED) is 0.278. The molecule has 2 aromatic carbocycles. The smallest absolute Gasteiger partial charge is 0.471 e. The van der Waals surface area contributed by atoms with E-state index < -0.39 is 29.1 Å². The van der Waals surface area contributed by atoms with E-state index in [1.807, 2.05) is 0 Å². The van der Waals surface area contributed by atoms with Crippen LogP contribution in [0.1, 0.15) is 35.3 Å². The van der Waals surface area contributed by atoms with Crippen LogP contribution in [0.5, 0.6) is 0 Å². The fraction of sp³-hybridized carbons (Fsp3) is 0.208. The molecule has 0 aliphatic heterocycles. The van der Waals surface area contributed by atoms with E-state index in [0.717, 1.165) is 11.6 Å². The topological polar surface area (TPSA) is 98.4 Å². The third-order valence-electron chi connectivity index (χ3n) is 4.77. The van der Waals surface area contributed by atoms with Gasteiger partial charge in [0.25, 0.3) is 5.97 Å². The van der Waals surface area contributed by atoms with Crippen LogP contribution in [0.25, 0.3) is 10.9 Å². The van der Waals surface area contributed by atoms with E-state index in [1.165, 1.54) is 16.8 Å². The molecule has 1 aromatic heterocycles. The monoisotopic (exact) mass is 492 g/mol. The summed E-state index contributed by atoms with van der Waals surface area (Å²) in [4.78, 5) is 37.5. The Hall–Kier alpha value is -2.83. The predicted molar refractivity (Wildman–Crippen MR) is 119 cm³/mol. The number of halogens is 2. The van der Waals surface area contributed by atoms with Gasteiger partial charge in [0.15, 0.2) is 0 Å². The standard InChI is InChI=1S/C24H19ClFN2O5.Na/c1-3-32-23(30)18(11-27)16-10-21-17(9-20(16)26)22(29)19(24(31)33-4-2)13-28(21)12-14-6-5-7-15(25)8-14;/h5-10,13H,3-4,12H2,1-2H3;/q-1;+1. The second kappa shape index (κ2) is 12.0. The van der Waals surface area contributed by atoms with Crippen molar-refractivity contribution in [2.45, 2.75) is 20.4 Å². The van der Waals surface area contributed by atoms with Gasteiger partial charge in [-0.3, -0.25) is 14.0 Å². The Kier molecular flexibility index (Phi) is 9.71. The molecule has 0 spiro atoms. The Labute approximate surface area is 222 Å². The second-order valence-corrected chi connectivity index (χ2v) is 7.34. The molecule has 0 amide bonds. The number of ether oxygens (including phenoxy) is 2. The summed E-state index contributed by atoms with van der Waals surface area (Å²) >= 11 is 6.07. The number of pyridine rings is 1. The van der Waals surface area contributed by atoms with E-state index in [2.05, 4.69) is 0 Å². The number of esters is 2. The molecule has 170 valence electrons. The molecule has 34 heavy (non-hydrogen) atoms. The van der Waals surface area contributed by atoms with E-state index >= 15 is 0 Å². The van der Waals surface area contributed by atoms with Crippen LogP contribution in [-0.2, 0) is 20.8 Å². The summed E-state index contributed by atoms with van der Waals surface area (Å²) in [5.74, 6) is -3.33. The van der Waals surface area contributed by atoms with Crippen molar-refractivity contribution < 1.29 is 53.0 Å². The molecule has 3 rings (SSSR count). The van der Waals surface area contributed by atoms with Crippen LogP contribution < -0.4 is 35.0 Å². The molecule has 0 aliphatic carbocycles. The van der Waals surface area contributed by atoms with Crippen molar-refractivity contribution in [1.82, 2.24) is 4.57 Å². The minimum Gasteiger partial charge on any atom is -0.471 e. The average Bonchev–Trinajstić information content (AvgIpc) is 2.77. The van der Waals surface area contributed by atoms with Crippen molar-refractivity contribution in [3.63, 3.8) is 0 Å². The van der Waals surface area contributed by atoms with Crippen molar-refractivity contribution >= 4 is 34.4 Å². The number of hydrogen-bond donors (Lipinski definition) is 0. The van der Waals surface area contributed by atoms with Crippen molar-refractivity contribution in [2.24, 2.45) is 0 Å². The van der Waals surface area contributed by atoms with E-state index in [0.29, 0.717) is 5.02 Å². The van der Waals surface area contributed by atoms with Crippen LogP contribution in [0, 0.1) is 23.1 Å². The van der Waals surface area contributed by atoms with Gasteiger partial charge in [0.05, 0.1) is 13.2 Å². The zero-order valence-electron chi connectivity index (χ0n) is 18.9. The number of hydrogen-bond acceptors (Lipinski definition) is 6. The zero-order chi connectivity index (χ0) is 24.1. The molecule has 0 saturated carbocycles. The first-order chi connectivity index (χ1) is 15.8. The third kappa shape index (κ3) is 5.80. The van der Waals surface area contributed by atoms with Gasteiger partial charge in [-0.25, -0.2) is 10.1 Å². The fourth-order valence-electron chi connectivity index (χ4n) is 3.34. The Morgan fingerprint density at radius 3 is 2.50 bits per heavy atom. The van der Waals surface area contributed by atoms with Gasteiger partial charge in [0.2, 0.25) is 5.43 Å². The summed E-state index contributed by atoms with van der Waals surface area (Å²) in [5.41, 5.74) is -0.365. The van der Waals surface area contributed by atoms with E-state index in [-0.39, 0.29) is 71.3 Å². The Morgan fingerprint density at radius 1 is 1.18 bits per heavy atom. The Morgan fingerprint density at radius 2 is 1.88 bits per heavy atom. The van der Waals surface area contributed by atoms with Crippen molar-refractivity contribution in [3.05, 3.63) is 86.3 Å². The maximum absolute atomic E-state index is 15.0. The first-order valence-electron chi connectivity index (χ1n) is 10.0. The summed E-state index contributed by atoms with van der Waals surface area (Å²) in [6, 6.07) is 10.7. The number of fused-ring (bicyclic) bond motifs is 1. The molecule has 0 aliphatic rings. The molecular formula is C24H19ClFN2NaO5. The summed E-state index contributed by atoms with van der Waals surface area (Å²) < 4.78 is 26.3. The first kappa shape index (κ1) is 27.4. The van der Waals surface area contributed by atoms with Crippen LogP contribution in [-0.4, -0.2) is 29.7 Å². The molecular weight excluding hydrogens is 474 g/mol. The molecule has 0 fully saturated rings. The molecule has 10 heteroatoms. The number of benzene rings is 2. The summed E-state index contributed by atoms with van der Waals surface area (Å²) in [7, 11) is 0. The summed E-state index contributed by atoms with van der Waals surface area (Å²) in [5, 5.41) is 9.82. The molecule has 0 unspecified atom stereocenters. The first-order valence-corrected chi connectivity index (χ1v) is 10.4. The minimum absolute atomic E-state index is 0. The van der Waals surface area contributed by atoms with Crippen LogP contribution >= 0.6 is 11.6 Å². The Balaban J connectivity index is 0.00000408. The van der Waals surface area contributed by atoms with Crippen LogP contribution in [0.3, 0.4) is 0 Å². The molecule has 1 heterocycles. The van der Waals surface area contributed by atoms with Crippen LogP contribution in [0.2, 0.25) is 5.02 Å². The van der Waals surface area contributed by atoms with Gasteiger partial charge in [-0.15, -0.1) is 11.6 Å². The second-order valence-electron chi connectivity index (χ2n) is 6.91. The third-order valence-corrected chi connectivity index (χ3v) is 5.00. The Bertz CT molecular complexity index is 1340. The van der Waals surface area contributed by atoms with Gasteiger partial charge >= 0.3 is 35.5 Å². The molecule has 7 nitrogen and oxygen atoms in total. The predicted octanol–water partition coefficient (Wildman–Crippen LogP) is 1.03. The summed E-state index contributed by atoms with van der Waals surface area (Å²) in [6.45, 7) is 3.38.